The van der Waals surface area contributed by atoms with Crippen molar-refractivity contribution in [1.29, 1.82) is 0 Å². The smallest absolute Gasteiger partial charge is 0.383 e. The van der Waals surface area contributed by atoms with Crippen LogP contribution < -0.4 is 0 Å². The topological polar surface area (TPSA) is 95.0 Å². The van der Waals surface area contributed by atoms with Gasteiger partial charge in [0.2, 0.25) is 10.0 Å². The van der Waals surface area contributed by atoms with Gasteiger partial charge in [0.25, 0.3) is 5.91 Å². The van der Waals surface area contributed by atoms with E-state index in [2.05, 4.69) is 0 Å². The Morgan fingerprint density at radius 3 is 2.22 bits per heavy atom. The Bertz CT molecular complexity index is 1580. The third kappa shape index (κ3) is 4.99. The number of halogens is 5. The first-order chi connectivity index (χ1) is 20.9. The standard InChI is InChI=1S/C32H37F5N2O5S/c1-29-18-25(19-3-5-20(6-4-19)28(41)38-13-15-39(16-14-38)45(2,43)44)27-23-10-8-22(40)17-21(23)7-9-24(27)26(29)11-12-30(29,42)31(33,34)32(35,36)37/h3-6,17,24-26,42H,7-16,18H2,1-2H3/t24?,25-,26+,29?,30+/m1/s1. The Balaban J connectivity index is 1.37. The minimum atomic E-state index is -5.92. The zero-order valence-electron chi connectivity index (χ0n) is 25.2. The summed E-state index contributed by atoms with van der Waals surface area (Å²) in [7, 11) is -3.38. The molecule has 246 valence electrons. The van der Waals surface area contributed by atoms with Crippen molar-refractivity contribution >= 4 is 21.7 Å². The molecule has 3 fully saturated rings. The highest BCUT2D eigenvalue weighted by Gasteiger charge is 2.79. The van der Waals surface area contributed by atoms with Gasteiger partial charge in [0.05, 0.1) is 6.26 Å². The van der Waals surface area contributed by atoms with Gasteiger partial charge in [0.15, 0.2) is 5.78 Å². The Morgan fingerprint density at radius 1 is 0.978 bits per heavy atom. The first kappa shape index (κ1) is 32.3. The van der Waals surface area contributed by atoms with Gasteiger partial charge in [-0.05, 0) is 85.3 Å². The number of carbonyl (C=O) groups is 2. The Kier molecular flexibility index (Phi) is 7.68. The summed E-state index contributed by atoms with van der Waals surface area (Å²) in [4.78, 5) is 27.1. The van der Waals surface area contributed by atoms with Crippen molar-refractivity contribution in [3.63, 3.8) is 0 Å². The lowest BCUT2D eigenvalue weighted by Crippen LogP contribution is -2.65. The second-order valence-electron chi connectivity index (χ2n) is 13.5. The van der Waals surface area contributed by atoms with Crippen LogP contribution in [0.25, 0.3) is 0 Å². The molecule has 1 heterocycles. The molecule has 5 atom stereocenters. The van der Waals surface area contributed by atoms with Crippen LogP contribution in [0, 0.1) is 17.3 Å². The number of hydrogen-bond acceptors (Lipinski definition) is 5. The van der Waals surface area contributed by atoms with Gasteiger partial charge in [-0.2, -0.15) is 26.3 Å². The van der Waals surface area contributed by atoms with Crippen LogP contribution in [0.1, 0.15) is 73.7 Å². The molecule has 1 aromatic carbocycles. The fraction of sp³-hybridized carbons (Fsp3) is 0.625. The van der Waals surface area contributed by atoms with E-state index in [1.54, 1.807) is 35.2 Å². The van der Waals surface area contributed by atoms with Crippen LogP contribution >= 0.6 is 0 Å². The van der Waals surface area contributed by atoms with E-state index < -0.39 is 51.4 Å². The van der Waals surface area contributed by atoms with Crippen LogP contribution in [0.2, 0.25) is 0 Å². The molecule has 4 aliphatic carbocycles. The number of carbonyl (C=O) groups excluding carboxylic acids is 2. The summed E-state index contributed by atoms with van der Waals surface area (Å²) in [6.07, 6.45) is -2.20. The normalized spacial score (nSPS) is 33.0. The van der Waals surface area contributed by atoms with Crippen LogP contribution in [0.15, 0.2) is 47.1 Å². The Labute approximate surface area is 259 Å². The van der Waals surface area contributed by atoms with E-state index >= 15 is 8.78 Å². The molecule has 0 spiro atoms. The van der Waals surface area contributed by atoms with E-state index in [-0.39, 0.29) is 56.6 Å². The predicted octanol–water partition coefficient (Wildman–Crippen LogP) is 5.23. The van der Waals surface area contributed by atoms with Gasteiger partial charge >= 0.3 is 12.1 Å². The van der Waals surface area contributed by atoms with Crippen LogP contribution in [-0.4, -0.2) is 84.6 Å². The molecule has 0 bridgehead atoms. The van der Waals surface area contributed by atoms with Gasteiger partial charge < -0.3 is 10.0 Å². The average molecular weight is 657 g/mol. The molecule has 1 aromatic rings. The van der Waals surface area contributed by atoms with E-state index in [0.29, 0.717) is 36.8 Å². The number of allylic oxidation sites excluding steroid dienone is 4. The van der Waals surface area contributed by atoms with Gasteiger partial charge in [-0.15, -0.1) is 0 Å². The zero-order chi connectivity index (χ0) is 32.7. The maximum absolute atomic E-state index is 15.2. The number of ketones is 1. The van der Waals surface area contributed by atoms with E-state index in [4.69, 9.17) is 0 Å². The Morgan fingerprint density at radius 2 is 1.62 bits per heavy atom. The zero-order valence-corrected chi connectivity index (χ0v) is 26.0. The third-order valence-corrected chi connectivity index (χ3v) is 12.6. The second-order valence-corrected chi connectivity index (χ2v) is 15.5. The lowest BCUT2D eigenvalue weighted by atomic mass is 9.50. The van der Waals surface area contributed by atoms with Crippen molar-refractivity contribution in [2.45, 2.75) is 75.5 Å². The first-order valence-electron chi connectivity index (χ1n) is 15.4. The summed E-state index contributed by atoms with van der Waals surface area (Å²) in [5, 5.41) is 11.4. The summed E-state index contributed by atoms with van der Waals surface area (Å²) < 4.78 is 96.8. The number of amides is 1. The average Bonchev–Trinajstić information content (AvgIpc) is 3.26. The van der Waals surface area contributed by atoms with Gasteiger partial charge in [-0.3, -0.25) is 9.59 Å². The van der Waals surface area contributed by atoms with Crippen LogP contribution in [0.3, 0.4) is 0 Å². The molecule has 1 aliphatic heterocycles. The molecule has 5 aliphatic rings. The maximum Gasteiger partial charge on any atom is 0.456 e. The van der Waals surface area contributed by atoms with E-state index in [9.17, 15) is 36.3 Å². The number of hydrogen-bond donors (Lipinski definition) is 1. The van der Waals surface area contributed by atoms with E-state index in [0.717, 1.165) is 23.0 Å². The van der Waals surface area contributed by atoms with Crippen LogP contribution in [0.5, 0.6) is 0 Å². The summed E-state index contributed by atoms with van der Waals surface area (Å²) >= 11 is 0. The fourth-order valence-corrected chi connectivity index (χ4v) is 9.80. The molecule has 6 rings (SSSR count). The minimum Gasteiger partial charge on any atom is -0.383 e. The molecule has 7 nitrogen and oxygen atoms in total. The second kappa shape index (κ2) is 10.7. The SMILES string of the molecule is CC12C[C@H](c3ccc(C(=O)N4CCN(S(C)(=O)=O)CC4)cc3)C3=C4CCC(=O)C=C4CCC3[C@@H]1CC[C@@]2(O)C(F)(F)C(F)(F)F. The number of nitrogens with zero attached hydrogens (tertiary/aromatic N) is 2. The molecule has 2 unspecified atom stereocenters. The molecule has 0 aromatic heterocycles. The lowest BCUT2D eigenvalue weighted by Gasteiger charge is -2.56. The highest BCUT2D eigenvalue weighted by molar-refractivity contribution is 7.88. The molecule has 1 saturated heterocycles. The third-order valence-electron chi connectivity index (χ3n) is 11.3. The van der Waals surface area contributed by atoms with Crippen molar-refractivity contribution < 1.29 is 45.1 Å². The lowest BCUT2D eigenvalue weighted by molar-refractivity contribution is -0.362. The molecule has 1 amide bonds. The van der Waals surface area contributed by atoms with Crippen molar-refractivity contribution in [3.05, 3.63) is 58.2 Å². The number of alkyl halides is 5. The summed E-state index contributed by atoms with van der Waals surface area (Å²) in [6, 6.07) is 6.59. The highest BCUT2D eigenvalue weighted by atomic mass is 32.2. The molecule has 13 heteroatoms. The van der Waals surface area contributed by atoms with E-state index in [1.807, 2.05) is 0 Å². The molecular formula is C32H37F5N2O5S. The number of aliphatic hydroxyl groups is 1. The van der Waals surface area contributed by atoms with Crippen molar-refractivity contribution in [3.8, 4) is 0 Å². The molecule has 1 N–H and O–H groups in total. The first-order valence-corrected chi connectivity index (χ1v) is 17.2. The minimum absolute atomic E-state index is 0.00490. The number of piperazine rings is 1. The van der Waals surface area contributed by atoms with Crippen molar-refractivity contribution in [1.82, 2.24) is 9.21 Å². The molecule has 45 heavy (non-hydrogen) atoms. The molecule has 2 saturated carbocycles. The summed E-state index contributed by atoms with van der Waals surface area (Å²) in [5.74, 6) is -7.13. The summed E-state index contributed by atoms with van der Waals surface area (Å²) in [5.41, 5.74) is -1.25. The number of benzene rings is 1. The molecular weight excluding hydrogens is 619 g/mol. The number of fused-ring (bicyclic) bond motifs is 4. The van der Waals surface area contributed by atoms with E-state index in [1.165, 1.54) is 11.2 Å². The van der Waals surface area contributed by atoms with Gasteiger partial charge in [0, 0.05) is 49.5 Å². The maximum atomic E-state index is 15.2. The predicted molar refractivity (Wildman–Crippen MR) is 155 cm³/mol. The monoisotopic (exact) mass is 656 g/mol. The quantitative estimate of drug-likeness (QED) is 0.448. The van der Waals surface area contributed by atoms with Crippen molar-refractivity contribution in [2.24, 2.45) is 17.3 Å². The fourth-order valence-electron chi connectivity index (χ4n) is 8.98. The van der Waals surface area contributed by atoms with Gasteiger partial charge in [-0.1, -0.05) is 24.6 Å². The largest absolute Gasteiger partial charge is 0.456 e. The van der Waals surface area contributed by atoms with Crippen LogP contribution in [0.4, 0.5) is 22.0 Å². The Hall–Kier alpha value is -2.64. The molecule has 0 radical (unpaired) electrons. The van der Waals surface area contributed by atoms with Crippen LogP contribution in [-0.2, 0) is 14.8 Å². The van der Waals surface area contributed by atoms with Gasteiger partial charge in [0.1, 0.15) is 5.60 Å². The van der Waals surface area contributed by atoms with Gasteiger partial charge in [-0.25, -0.2) is 8.42 Å². The van der Waals surface area contributed by atoms with Crippen molar-refractivity contribution in [2.75, 3.05) is 32.4 Å². The number of rotatable bonds is 4. The highest BCUT2D eigenvalue weighted by Crippen LogP contribution is 2.70. The number of sulfonamides is 1. The summed E-state index contributed by atoms with van der Waals surface area (Å²) in [6.45, 7) is 2.16.